The molecule has 2 aliphatic heterocycles. The number of amides is 1. The number of aromatic nitrogens is 2. The van der Waals surface area contributed by atoms with E-state index in [9.17, 15) is 4.79 Å². The number of carbonyl (C=O) groups excluding carboxylic acids is 1. The maximum absolute atomic E-state index is 12.1. The van der Waals surface area contributed by atoms with Crippen molar-refractivity contribution >= 4 is 17.5 Å². The number of nitrogens with zero attached hydrogens (tertiary/aromatic N) is 4. The summed E-state index contributed by atoms with van der Waals surface area (Å²) in [7, 11) is 0. The Morgan fingerprint density at radius 2 is 1.71 bits per heavy atom. The second-order valence-electron chi connectivity index (χ2n) is 6.83. The molecular formula is C18H29N5O. The van der Waals surface area contributed by atoms with Crippen molar-refractivity contribution in [1.29, 1.82) is 0 Å². The van der Waals surface area contributed by atoms with Gasteiger partial charge in [0, 0.05) is 44.7 Å². The molecular weight excluding hydrogens is 302 g/mol. The van der Waals surface area contributed by atoms with Gasteiger partial charge in [-0.1, -0.05) is 6.92 Å². The van der Waals surface area contributed by atoms with Crippen LogP contribution < -0.4 is 15.1 Å². The zero-order valence-electron chi connectivity index (χ0n) is 14.7. The van der Waals surface area contributed by atoms with Gasteiger partial charge >= 0.3 is 0 Å². The van der Waals surface area contributed by atoms with Crippen LogP contribution in [0.3, 0.4) is 0 Å². The summed E-state index contributed by atoms with van der Waals surface area (Å²) in [4.78, 5) is 25.7. The Bertz CT molecular complexity index is 536. The molecule has 2 saturated heterocycles. The van der Waals surface area contributed by atoms with E-state index in [1.54, 1.807) is 6.33 Å². The topological polar surface area (TPSA) is 61.4 Å². The van der Waals surface area contributed by atoms with Crippen molar-refractivity contribution in [3.05, 3.63) is 12.4 Å². The number of piperidine rings is 2. The van der Waals surface area contributed by atoms with E-state index in [0.717, 1.165) is 63.6 Å². The van der Waals surface area contributed by atoms with Crippen LogP contribution in [0.1, 0.15) is 45.4 Å². The molecule has 1 N–H and O–H groups in total. The highest BCUT2D eigenvalue weighted by atomic mass is 16.1. The molecule has 6 nitrogen and oxygen atoms in total. The fraction of sp³-hybridized carbons (Fsp3) is 0.722. The SMILES string of the molecule is CCCNC(=O)C1CCN(c2cc(N3CCCCC3)ncn2)CC1. The smallest absolute Gasteiger partial charge is 0.223 e. The second kappa shape index (κ2) is 8.31. The zero-order valence-corrected chi connectivity index (χ0v) is 14.7. The molecule has 24 heavy (non-hydrogen) atoms. The molecule has 0 radical (unpaired) electrons. The van der Waals surface area contributed by atoms with Crippen molar-refractivity contribution in [1.82, 2.24) is 15.3 Å². The fourth-order valence-electron chi connectivity index (χ4n) is 3.57. The highest BCUT2D eigenvalue weighted by Gasteiger charge is 2.25. The monoisotopic (exact) mass is 331 g/mol. The summed E-state index contributed by atoms with van der Waals surface area (Å²) in [5.74, 6) is 2.41. The molecule has 1 aromatic rings. The minimum atomic E-state index is 0.149. The largest absolute Gasteiger partial charge is 0.356 e. The molecule has 6 heteroatoms. The van der Waals surface area contributed by atoms with Gasteiger partial charge in [0.25, 0.3) is 0 Å². The molecule has 1 amide bonds. The van der Waals surface area contributed by atoms with Crippen LogP contribution >= 0.6 is 0 Å². The van der Waals surface area contributed by atoms with Crippen LogP contribution in [-0.2, 0) is 4.79 Å². The first-order chi connectivity index (χ1) is 11.8. The molecule has 3 heterocycles. The van der Waals surface area contributed by atoms with Gasteiger partial charge in [0.15, 0.2) is 0 Å². The highest BCUT2D eigenvalue weighted by Crippen LogP contribution is 2.25. The summed E-state index contributed by atoms with van der Waals surface area (Å²) in [6, 6.07) is 2.11. The first-order valence-corrected chi connectivity index (χ1v) is 9.37. The van der Waals surface area contributed by atoms with Crippen LogP contribution in [0.2, 0.25) is 0 Å². The van der Waals surface area contributed by atoms with E-state index < -0.39 is 0 Å². The summed E-state index contributed by atoms with van der Waals surface area (Å²) in [5.41, 5.74) is 0. The van der Waals surface area contributed by atoms with E-state index >= 15 is 0 Å². The maximum Gasteiger partial charge on any atom is 0.223 e. The average molecular weight is 331 g/mol. The Labute approximate surface area is 144 Å². The molecule has 132 valence electrons. The average Bonchev–Trinajstić information content (AvgIpc) is 2.67. The Morgan fingerprint density at radius 3 is 2.33 bits per heavy atom. The predicted octanol–water partition coefficient (Wildman–Crippen LogP) is 2.21. The number of hydrogen-bond donors (Lipinski definition) is 1. The van der Waals surface area contributed by atoms with Crippen LogP contribution in [-0.4, -0.2) is 48.6 Å². The molecule has 3 rings (SSSR count). The van der Waals surface area contributed by atoms with E-state index in [-0.39, 0.29) is 11.8 Å². The van der Waals surface area contributed by atoms with Crippen LogP contribution in [0, 0.1) is 5.92 Å². The lowest BCUT2D eigenvalue weighted by atomic mass is 9.96. The molecule has 2 aliphatic rings. The van der Waals surface area contributed by atoms with Crippen LogP contribution in [0.15, 0.2) is 12.4 Å². The zero-order chi connectivity index (χ0) is 16.8. The lowest BCUT2D eigenvalue weighted by Crippen LogP contribution is -2.41. The van der Waals surface area contributed by atoms with Gasteiger partial charge in [-0.3, -0.25) is 4.79 Å². The predicted molar refractivity (Wildman–Crippen MR) is 96.3 cm³/mol. The van der Waals surface area contributed by atoms with Gasteiger partial charge in [-0.2, -0.15) is 0 Å². The van der Waals surface area contributed by atoms with Gasteiger partial charge < -0.3 is 15.1 Å². The summed E-state index contributed by atoms with van der Waals surface area (Å²) in [5, 5.41) is 3.02. The Kier molecular flexibility index (Phi) is 5.88. The van der Waals surface area contributed by atoms with E-state index in [1.165, 1.54) is 19.3 Å². The minimum absolute atomic E-state index is 0.149. The second-order valence-corrected chi connectivity index (χ2v) is 6.83. The number of nitrogens with one attached hydrogen (secondary N) is 1. The molecule has 0 aliphatic carbocycles. The summed E-state index contributed by atoms with van der Waals surface area (Å²) >= 11 is 0. The Balaban J connectivity index is 1.57. The van der Waals surface area contributed by atoms with Crippen molar-refractivity contribution < 1.29 is 4.79 Å². The third-order valence-corrected chi connectivity index (χ3v) is 5.06. The standard InChI is InChI=1S/C18H29N5O/c1-2-8-19-18(24)15-6-11-23(12-7-15)17-13-16(20-14-21-17)22-9-4-3-5-10-22/h13-15H,2-12H2,1H3,(H,19,24). The van der Waals surface area contributed by atoms with Crippen molar-refractivity contribution in [2.75, 3.05) is 42.5 Å². The molecule has 0 spiro atoms. The third kappa shape index (κ3) is 4.16. The first-order valence-electron chi connectivity index (χ1n) is 9.37. The molecule has 0 atom stereocenters. The van der Waals surface area contributed by atoms with Crippen LogP contribution in [0.25, 0.3) is 0 Å². The van der Waals surface area contributed by atoms with Gasteiger partial charge in [0.1, 0.15) is 18.0 Å². The maximum atomic E-state index is 12.1. The van der Waals surface area contributed by atoms with Crippen molar-refractivity contribution in [3.63, 3.8) is 0 Å². The lowest BCUT2D eigenvalue weighted by Gasteiger charge is -2.33. The quantitative estimate of drug-likeness (QED) is 0.896. The fourth-order valence-corrected chi connectivity index (χ4v) is 3.57. The lowest BCUT2D eigenvalue weighted by molar-refractivity contribution is -0.125. The minimum Gasteiger partial charge on any atom is -0.356 e. The van der Waals surface area contributed by atoms with Gasteiger partial charge in [0.05, 0.1) is 0 Å². The number of anilines is 2. The Hall–Kier alpha value is -1.85. The molecule has 0 saturated carbocycles. The number of rotatable bonds is 5. The Morgan fingerprint density at radius 1 is 1.08 bits per heavy atom. The van der Waals surface area contributed by atoms with Crippen molar-refractivity contribution in [2.45, 2.75) is 45.4 Å². The molecule has 0 bridgehead atoms. The van der Waals surface area contributed by atoms with E-state index in [4.69, 9.17) is 0 Å². The summed E-state index contributed by atoms with van der Waals surface area (Å²) < 4.78 is 0. The van der Waals surface area contributed by atoms with E-state index in [0.29, 0.717) is 0 Å². The summed E-state index contributed by atoms with van der Waals surface area (Å²) in [6.45, 7) is 6.83. The number of carbonyl (C=O) groups is 1. The summed E-state index contributed by atoms with van der Waals surface area (Å²) in [6.07, 6.45) is 8.29. The van der Waals surface area contributed by atoms with Gasteiger partial charge in [-0.05, 0) is 38.5 Å². The third-order valence-electron chi connectivity index (χ3n) is 5.06. The first kappa shape index (κ1) is 17.0. The van der Waals surface area contributed by atoms with Gasteiger partial charge in [0.2, 0.25) is 5.91 Å². The molecule has 2 fully saturated rings. The normalized spacial score (nSPS) is 19.4. The molecule has 1 aromatic heterocycles. The highest BCUT2D eigenvalue weighted by molar-refractivity contribution is 5.78. The number of hydrogen-bond acceptors (Lipinski definition) is 5. The molecule has 0 unspecified atom stereocenters. The van der Waals surface area contributed by atoms with Crippen LogP contribution in [0.5, 0.6) is 0 Å². The van der Waals surface area contributed by atoms with Gasteiger partial charge in [-0.15, -0.1) is 0 Å². The van der Waals surface area contributed by atoms with E-state index in [2.05, 4.69) is 38.1 Å². The van der Waals surface area contributed by atoms with E-state index in [1.807, 2.05) is 0 Å². The van der Waals surface area contributed by atoms with Gasteiger partial charge in [-0.25, -0.2) is 9.97 Å². The van der Waals surface area contributed by atoms with Crippen molar-refractivity contribution in [3.8, 4) is 0 Å². The molecule has 0 aromatic carbocycles. The van der Waals surface area contributed by atoms with Crippen LogP contribution in [0.4, 0.5) is 11.6 Å². The van der Waals surface area contributed by atoms with Crippen molar-refractivity contribution in [2.24, 2.45) is 5.92 Å².